The molecule has 3 amide bonds. The molecule has 1 saturated heterocycles. The molecule has 0 radical (unpaired) electrons. The molecule has 0 saturated carbocycles. The normalized spacial score (nSPS) is 18.1. The van der Waals surface area contributed by atoms with Crippen molar-refractivity contribution in [2.24, 2.45) is 0 Å². The lowest BCUT2D eigenvalue weighted by Gasteiger charge is -2.32. The smallest absolute Gasteiger partial charge is 0.255 e. The van der Waals surface area contributed by atoms with Gasteiger partial charge < -0.3 is 15.5 Å². The average molecular weight is 458 g/mol. The summed E-state index contributed by atoms with van der Waals surface area (Å²) < 4.78 is 0. The average Bonchev–Trinajstić information content (AvgIpc) is 3.05. The fourth-order valence-corrected chi connectivity index (χ4v) is 4.29. The number of carbonyl (C=O) groups excluding carboxylic acids is 3. The Hall–Kier alpha value is -2.83. The van der Waals surface area contributed by atoms with Crippen LogP contribution in [0.2, 0.25) is 10.0 Å². The zero-order valence-corrected chi connectivity index (χ0v) is 18.2. The zero-order chi connectivity index (χ0) is 22.1. The lowest BCUT2D eigenvalue weighted by atomic mass is 10.0. The molecule has 2 aliphatic rings. The fraction of sp³-hybridized carbons (Fsp3) is 0.261. The van der Waals surface area contributed by atoms with Crippen molar-refractivity contribution in [3.8, 4) is 0 Å². The minimum atomic E-state index is -0.202. The molecule has 2 N–H and O–H groups in total. The summed E-state index contributed by atoms with van der Waals surface area (Å²) >= 11 is 11.9. The van der Waals surface area contributed by atoms with Crippen molar-refractivity contribution < 1.29 is 14.4 Å². The van der Waals surface area contributed by atoms with Gasteiger partial charge in [-0.05, 0) is 41.3 Å². The van der Waals surface area contributed by atoms with Crippen LogP contribution in [0.3, 0.4) is 0 Å². The highest BCUT2D eigenvalue weighted by atomic mass is 35.5. The molecule has 2 aromatic rings. The monoisotopic (exact) mass is 457 g/mol. The molecule has 8 heteroatoms. The van der Waals surface area contributed by atoms with Crippen LogP contribution in [0.5, 0.6) is 0 Å². The molecule has 0 aliphatic carbocycles. The summed E-state index contributed by atoms with van der Waals surface area (Å²) in [5.41, 5.74) is 3.81. The standard InChI is InChI=1S/C23H21Cl2N3O3/c1-13-20(6-7-21(29)27-13)28-12-16-8-15(2-4-17(16)23(28)31)11-26-22(30)10-14-3-5-18(24)19(25)9-14/h2-5,8-9,20H,1,6-7,10-12H2,(H,26,30)(H,27,29). The molecular weight excluding hydrogens is 437 g/mol. The van der Waals surface area contributed by atoms with Gasteiger partial charge >= 0.3 is 0 Å². The molecule has 2 heterocycles. The number of piperidine rings is 1. The van der Waals surface area contributed by atoms with E-state index in [1.807, 2.05) is 12.1 Å². The summed E-state index contributed by atoms with van der Waals surface area (Å²) in [7, 11) is 0. The first-order chi connectivity index (χ1) is 14.8. The largest absolute Gasteiger partial charge is 0.352 e. The number of carbonyl (C=O) groups is 3. The van der Waals surface area contributed by atoms with Crippen LogP contribution in [0, 0.1) is 0 Å². The maximum atomic E-state index is 12.8. The van der Waals surface area contributed by atoms with Crippen LogP contribution in [0.25, 0.3) is 0 Å². The van der Waals surface area contributed by atoms with Gasteiger partial charge in [-0.3, -0.25) is 14.4 Å². The van der Waals surface area contributed by atoms with Crippen LogP contribution in [-0.4, -0.2) is 28.7 Å². The van der Waals surface area contributed by atoms with E-state index in [0.717, 1.165) is 16.7 Å². The maximum absolute atomic E-state index is 12.8. The number of hydrogen-bond acceptors (Lipinski definition) is 3. The quantitative estimate of drug-likeness (QED) is 0.719. The van der Waals surface area contributed by atoms with Crippen molar-refractivity contribution in [2.45, 2.75) is 38.4 Å². The van der Waals surface area contributed by atoms with Gasteiger partial charge in [0.1, 0.15) is 0 Å². The fourth-order valence-electron chi connectivity index (χ4n) is 3.97. The SMILES string of the molecule is C=C1NC(=O)CCC1N1Cc2cc(CNC(=O)Cc3ccc(Cl)c(Cl)c3)ccc2C1=O. The highest BCUT2D eigenvalue weighted by molar-refractivity contribution is 6.42. The highest BCUT2D eigenvalue weighted by Crippen LogP contribution is 2.30. The summed E-state index contributed by atoms with van der Waals surface area (Å²) in [6.45, 7) is 4.72. The third-order valence-corrected chi connectivity index (χ3v) is 6.30. The number of nitrogens with zero attached hydrogens (tertiary/aromatic N) is 1. The third-order valence-electron chi connectivity index (χ3n) is 5.56. The molecule has 2 aromatic carbocycles. The van der Waals surface area contributed by atoms with E-state index in [-0.39, 0.29) is 30.2 Å². The number of benzene rings is 2. The minimum Gasteiger partial charge on any atom is -0.352 e. The molecule has 0 bridgehead atoms. The van der Waals surface area contributed by atoms with E-state index in [0.29, 0.717) is 47.2 Å². The van der Waals surface area contributed by atoms with Gasteiger partial charge in [-0.2, -0.15) is 0 Å². The Morgan fingerprint density at radius 3 is 2.65 bits per heavy atom. The van der Waals surface area contributed by atoms with Crippen LogP contribution in [0.1, 0.15) is 39.9 Å². The van der Waals surface area contributed by atoms with Crippen molar-refractivity contribution >= 4 is 40.9 Å². The van der Waals surface area contributed by atoms with Crippen molar-refractivity contribution in [2.75, 3.05) is 0 Å². The number of fused-ring (bicyclic) bond motifs is 1. The summed E-state index contributed by atoms with van der Waals surface area (Å²) in [6, 6.07) is 10.5. The van der Waals surface area contributed by atoms with Gasteiger partial charge in [0.25, 0.3) is 5.91 Å². The Kier molecular flexibility index (Phi) is 6.03. The van der Waals surface area contributed by atoms with E-state index in [9.17, 15) is 14.4 Å². The van der Waals surface area contributed by atoms with E-state index >= 15 is 0 Å². The van der Waals surface area contributed by atoms with E-state index < -0.39 is 0 Å². The van der Waals surface area contributed by atoms with Gasteiger partial charge in [0.2, 0.25) is 11.8 Å². The molecule has 1 unspecified atom stereocenters. The molecule has 160 valence electrons. The van der Waals surface area contributed by atoms with Crippen LogP contribution in [0.15, 0.2) is 48.7 Å². The Labute approximate surface area is 190 Å². The molecule has 1 atom stereocenters. The first-order valence-corrected chi connectivity index (χ1v) is 10.7. The van der Waals surface area contributed by atoms with Gasteiger partial charge in [-0.15, -0.1) is 0 Å². The number of amides is 3. The van der Waals surface area contributed by atoms with Gasteiger partial charge in [0.05, 0.1) is 22.5 Å². The number of halogens is 2. The Balaban J connectivity index is 1.38. The van der Waals surface area contributed by atoms with E-state index in [1.165, 1.54) is 0 Å². The van der Waals surface area contributed by atoms with Gasteiger partial charge in [0, 0.05) is 30.8 Å². The van der Waals surface area contributed by atoms with Gasteiger partial charge in [-0.25, -0.2) is 0 Å². The third kappa shape index (κ3) is 4.60. The summed E-state index contributed by atoms with van der Waals surface area (Å²) in [5.74, 6) is -0.261. The minimum absolute atomic E-state index is 0.0625. The van der Waals surface area contributed by atoms with E-state index in [2.05, 4.69) is 17.2 Å². The first kappa shape index (κ1) is 21.4. The summed E-state index contributed by atoms with van der Waals surface area (Å²) in [5, 5.41) is 6.50. The number of hydrogen-bond donors (Lipinski definition) is 2. The lowest BCUT2D eigenvalue weighted by Crippen LogP contribution is -2.45. The summed E-state index contributed by atoms with van der Waals surface area (Å²) in [4.78, 5) is 38.4. The van der Waals surface area contributed by atoms with Gasteiger partial charge in [-0.1, -0.05) is 48.0 Å². The molecule has 0 aromatic heterocycles. The van der Waals surface area contributed by atoms with Crippen molar-refractivity contribution in [3.63, 3.8) is 0 Å². The van der Waals surface area contributed by atoms with Gasteiger partial charge in [0.15, 0.2) is 0 Å². The molecule has 1 fully saturated rings. The lowest BCUT2D eigenvalue weighted by molar-refractivity contribution is -0.122. The molecule has 6 nitrogen and oxygen atoms in total. The number of rotatable bonds is 5. The van der Waals surface area contributed by atoms with Crippen LogP contribution in [-0.2, 0) is 29.1 Å². The second-order valence-corrected chi connectivity index (χ2v) is 8.57. The topological polar surface area (TPSA) is 78.5 Å². The van der Waals surface area contributed by atoms with E-state index in [1.54, 1.807) is 29.2 Å². The molecule has 2 aliphatic heterocycles. The van der Waals surface area contributed by atoms with Crippen LogP contribution in [0.4, 0.5) is 0 Å². The molecular formula is C23H21Cl2N3O3. The zero-order valence-electron chi connectivity index (χ0n) is 16.7. The van der Waals surface area contributed by atoms with E-state index in [4.69, 9.17) is 23.2 Å². The second kappa shape index (κ2) is 8.73. The Morgan fingerprint density at radius 1 is 1.13 bits per heavy atom. The molecule has 31 heavy (non-hydrogen) atoms. The predicted octanol–water partition coefficient (Wildman–Crippen LogP) is 3.60. The van der Waals surface area contributed by atoms with Crippen molar-refractivity contribution in [3.05, 3.63) is 81.0 Å². The van der Waals surface area contributed by atoms with Crippen LogP contribution < -0.4 is 10.6 Å². The maximum Gasteiger partial charge on any atom is 0.255 e. The second-order valence-electron chi connectivity index (χ2n) is 7.75. The summed E-state index contributed by atoms with van der Waals surface area (Å²) in [6.07, 6.45) is 1.14. The molecule has 4 rings (SSSR count). The molecule has 0 spiro atoms. The highest BCUT2D eigenvalue weighted by Gasteiger charge is 2.36. The van der Waals surface area contributed by atoms with Crippen molar-refractivity contribution in [1.29, 1.82) is 0 Å². The number of nitrogens with one attached hydrogen (secondary N) is 2. The predicted molar refractivity (Wildman–Crippen MR) is 119 cm³/mol. The van der Waals surface area contributed by atoms with Crippen LogP contribution >= 0.6 is 23.2 Å². The van der Waals surface area contributed by atoms with Crippen molar-refractivity contribution in [1.82, 2.24) is 15.5 Å². The Bertz CT molecular complexity index is 1100. The Morgan fingerprint density at radius 2 is 1.90 bits per heavy atom. The first-order valence-electron chi connectivity index (χ1n) is 9.94.